The average molecular weight is 159 g/mol. The third-order valence-corrected chi connectivity index (χ3v) is 1.90. The maximum atomic E-state index is 4.16. The van der Waals surface area contributed by atoms with Crippen LogP contribution in [0.5, 0.6) is 0 Å². The molecule has 0 bridgehead atoms. The Balaban J connectivity index is 0.000000500. The molecule has 0 radical (unpaired) electrons. The molecule has 0 N–H and O–H groups in total. The predicted molar refractivity (Wildman–Crippen MR) is 40.8 cm³/mol. The molecule has 1 aromatic carbocycles. The molecule has 0 fully saturated rings. The molecule has 1 aliphatic heterocycles. The predicted octanol–water partition coefficient (Wildman–Crippen LogP) is 0.223. The molecule has 0 spiro atoms. The summed E-state index contributed by atoms with van der Waals surface area (Å²) in [7, 11) is 0.396. The van der Waals surface area contributed by atoms with E-state index < -0.39 is 0 Å². The molecule has 46 valence electrons. The van der Waals surface area contributed by atoms with Gasteiger partial charge in [0.05, 0.1) is 0 Å². The van der Waals surface area contributed by atoms with Gasteiger partial charge in [-0.2, -0.15) is 11.4 Å². The Labute approximate surface area is 84.0 Å². The van der Waals surface area contributed by atoms with Crippen molar-refractivity contribution in [3.05, 3.63) is 34.4 Å². The van der Waals surface area contributed by atoms with E-state index >= 15 is 0 Å². The number of hydrogen-bond donors (Lipinski definition) is 0. The first-order valence-corrected chi connectivity index (χ1v) is 3.62. The van der Waals surface area contributed by atoms with E-state index in [9.17, 15) is 0 Å². The van der Waals surface area contributed by atoms with Crippen LogP contribution in [-0.4, -0.2) is 0 Å². The third-order valence-electron chi connectivity index (χ3n) is 1.22. The Kier molecular flexibility index (Phi) is 2.99. The SMILES string of the molecule is [Na+].c1ccc2c(c1)[N-]P[N-]2. The van der Waals surface area contributed by atoms with Gasteiger partial charge in [-0.15, -0.1) is 0 Å². The quantitative estimate of drug-likeness (QED) is 0.382. The fraction of sp³-hybridized carbons (Fsp3) is 0. The largest absolute Gasteiger partial charge is 1.00 e. The number of benzene rings is 1. The van der Waals surface area contributed by atoms with Crippen LogP contribution < -0.4 is 29.6 Å². The van der Waals surface area contributed by atoms with Crippen LogP contribution in [0.4, 0.5) is 11.4 Å². The Morgan fingerprint density at radius 2 is 1.50 bits per heavy atom. The van der Waals surface area contributed by atoms with Crippen LogP contribution in [0.1, 0.15) is 0 Å². The summed E-state index contributed by atoms with van der Waals surface area (Å²) in [6, 6.07) is 7.93. The van der Waals surface area contributed by atoms with Gasteiger partial charge in [0, 0.05) is 0 Å². The molecule has 1 aromatic rings. The van der Waals surface area contributed by atoms with Crippen LogP contribution >= 0.6 is 8.88 Å². The first kappa shape index (κ1) is 8.35. The normalized spacial score (nSPS) is 12.4. The number of rotatable bonds is 0. The monoisotopic (exact) mass is 159 g/mol. The smallest absolute Gasteiger partial charge is 0.678 e. The van der Waals surface area contributed by atoms with Crippen molar-refractivity contribution in [3.63, 3.8) is 0 Å². The summed E-state index contributed by atoms with van der Waals surface area (Å²) in [4.78, 5) is 0. The van der Waals surface area contributed by atoms with Gasteiger partial charge in [-0.3, -0.25) is 0 Å². The van der Waals surface area contributed by atoms with Gasteiger partial charge in [0.25, 0.3) is 0 Å². The van der Waals surface area contributed by atoms with Gasteiger partial charge >= 0.3 is 29.6 Å². The summed E-state index contributed by atoms with van der Waals surface area (Å²) < 4.78 is 0. The maximum Gasteiger partial charge on any atom is 1.00 e. The third kappa shape index (κ3) is 1.46. The molecule has 0 unspecified atom stereocenters. The van der Waals surface area contributed by atoms with E-state index in [1.54, 1.807) is 0 Å². The Morgan fingerprint density at radius 1 is 1.00 bits per heavy atom. The molecule has 2 nitrogen and oxygen atoms in total. The van der Waals surface area contributed by atoms with Crippen molar-refractivity contribution in [3.8, 4) is 0 Å². The Hall–Kier alpha value is 0.250. The second-order valence-electron chi connectivity index (χ2n) is 1.81. The average Bonchev–Trinajstić information content (AvgIpc) is 2.33. The van der Waals surface area contributed by atoms with Crippen LogP contribution in [0.2, 0.25) is 0 Å². The van der Waals surface area contributed by atoms with E-state index in [0.29, 0.717) is 8.88 Å². The second-order valence-corrected chi connectivity index (χ2v) is 2.46. The summed E-state index contributed by atoms with van der Waals surface area (Å²) in [6.07, 6.45) is 0. The van der Waals surface area contributed by atoms with E-state index in [0.717, 1.165) is 11.4 Å². The zero-order chi connectivity index (χ0) is 6.10. The molecule has 0 amide bonds. The van der Waals surface area contributed by atoms with Crippen molar-refractivity contribution in [1.82, 2.24) is 0 Å². The molecule has 2 rings (SSSR count). The summed E-state index contributed by atoms with van der Waals surface area (Å²) in [5.74, 6) is 0. The van der Waals surface area contributed by atoms with Crippen LogP contribution in [-0.2, 0) is 0 Å². The molecular formula is C6H5N2NaP-. The fourth-order valence-electron chi connectivity index (χ4n) is 0.786. The molecule has 1 aliphatic rings. The maximum absolute atomic E-state index is 4.16. The number of para-hydroxylation sites is 2. The van der Waals surface area contributed by atoms with E-state index in [1.807, 2.05) is 24.3 Å². The van der Waals surface area contributed by atoms with Crippen molar-refractivity contribution in [2.45, 2.75) is 0 Å². The van der Waals surface area contributed by atoms with Crippen LogP contribution in [0, 0.1) is 0 Å². The van der Waals surface area contributed by atoms with Crippen molar-refractivity contribution >= 4 is 20.3 Å². The van der Waals surface area contributed by atoms with Crippen molar-refractivity contribution in [2.75, 3.05) is 0 Å². The standard InChI is InChI=1S/C6H5N2P.Na/c1-2-4-6-5(3-1)7-9-8-6;/h1-4,9H;/q-2;+1. The van der Waals surface area contributed by atoms with Crippen molar-refractivity contribution in [1.29, 1.82) is 0 Å². The van der Waals surface area contributed by atoms with Crippen LogP contribution in [0.3, 0.4) is 0 Å². The van der Waals surface area contributed by atoms with Gasteiger partial charge in [-0.05, 0) is 0 Å². The van der Waals surface area contributed by atoms with Crippen molar-refractivity contribution < 1.29 is 29.6 Å². The first-order valence-electron chi connectivity index (χ1n) is 2.72. The van der Waals surface area contributed by atoms with Gasteiger partial charge in [0.1, 0.15) is 0 Å². The fourth-order valence-corrected chi connectivity index (χ4v) is 1.43. The van der Waals surface area contributed by atoms with E-state index in [1.165, 1.54) is 0 Å². The van der Waals surface area contributed by atoms with E-state index in [4.69, 9.17) is 0 Å². The van der Waals surface area contributed by atoms with Gasteiger partial charge in [-0.25, -0.2) is 0 Å². The molecular weight excluding hydrogens is 154 g/mol. The summed E-state index contributed by atoms with van der Waals surface area (Å²) in [6.45, 7) is 0. The molecule has 0 aliphatic carbocycles. The van der Waals surface area contributed by atoms with Gasteiger partial charge in [-0.1, -0.05) is 24.3 Å². The summed E-state index contributed by atoms with van der Waals surface area (Å²) >= 11 is 0. The molecule has 0 atom stereocenters. The summed E-state index contributed by atoms with van der Waals surface area (Å²) in [5.41, 5.74) is 2.08. The number of nitrogens with zero attached hydrogens (tertiary/aromatic N) is 2. The Bertz CT molecular complexity index is 206. The first-order chi connectivity index (χ1) is 4.47. The van der Waals surface area contributed by atoms with Gasteiger partial charge < -0.3 is 19.1 Å². The van der Waals surface area contributed by atoms with E-state index in [2.05, 4.69) is 10.2 Å². The zero-order valence-electron chi connectivity index (χ0n) is 5.70. The number of fused-ring (bicyclic) bond motifs is 1. The molecule has 4 heteroatoms. The van der Waals surface area contributed by atoms with E-state index in [-0.39, 0.29) is 29.6 Å². The van der Waals surface area contributed by atoms with Crippen LogP contribution in [0.25, 0.3) is 10.2 Å². The topological polar surface area (TPSA) is 28.2 Å². The minimum atomic E-state index is 0. The number of hydrogen-bond acceptors (Lipinski definition) is 0. The minimum Gasteiger partial charge on any atom is -0.678 e. The molecule has 1 heterocycles. The molecule has 0 aromatic heterocycles. The minimum absolute atomic E-state index is 0. The Morgan fingerprint density at radius 3 is 2.00 bits per heavy atom. The van der Waals surface area contributed by atoms with Crippen LogP contribution in [0.15, 0.2) is 24.3 Å². The second kappa shape index (κ2) is 3.59. The van der Waals surface area contributed by atoms with Crippen molar-refractivity contribution in [2.24, 2.45) is 0 Å². The molecule has 10 heavy (non-hydrogen) atoms. The molecule has 0 saturated carbocycles. The zero-order valence-corrected chi connectivity index (χ0v) is 8.70. The van der Waals surface area contributed by atoms with Gasteiger partial charge in [0.15, 0.2) is 0 Å². The molecule has 0 saturated heterocycles. The summed E-state index contributed by atoms with van der Waals surface area (Å²) in [5, 5.41) is 8.32. The van der Waals surface area contributed by atoms with Gasteiger partial charge in [0.2, 0.25) is 0 Å².